The zero-order valence-corrected chi connectivity index (χ0v) is 20.3. The van der Waals surface area contributed by atoms with E-state index in [0.717, 1.165) is 15.1 Å². The Labute approximate surface area is 193 Å². The summed E-state index contributed by atoms with van der Waals surface area (Å²) in [6, 6.07) is 11.7. The van der Waals surface area contributed by atoms with Gasteiger partial charge in [-0.1, -0.05) is 24.1 Å². The molecule has 8 nitrogen and oxygen atoms in total. The van der Waals surface area contributed by atoms with Crippen LogP contribution in [-0.4, -0.2) is 45.3 Å². The molecule has 0 radical (unpaired) electrons. The van der Waals surface area contributed by atoms with Crippen molar-refractivity contribution < 1.29 is 26.4 Å². The summed E-state index contributed by atoms with van der Waals surface area (Å²) in [5.41, 5.74) is -0.731. The highest BCUT2D eigenvalue weighted by molar-refractivity contribution is 7.91. The number of benzene rings is 2. The van der Waals surface area contributed by atoms with Crippen LogP contribution in [0.5, 0.6) is 0 Å². The molecule has 2 aromatic carbocycles. The molecule has 1 amide bonds. The van der Waals surface area contributed by atoms with Crippen molar-refractivity contribution in [3.63, 3.8) is 0 Å². The second-order valence-corrected chi connectivity index (χ2v) is 12.1. The Balaban J connectivity index is 2.38. The minimum absolute atomic E-state index is 0.000948. The van der Waals surface area contributed by atoms with Gasteiger partial charge in [-0.15, -0.1) is 6.42 Å². The first-order valence-electron chi connectivity index (χ1n) is 9.86. The Morgan fingerprint density at radius 3 is 2.24 bits per heavy atom. The fourth-order valence-corrected chi connectivity index (χ4v) is 5.55. The predicted molar refractivity (Wildman–Crippen MR) is 126 cm³/mol. The third kappa shape index (κ3) is 4.89. The van der Waals surface area contributed by atoms with Crippen LogP contribution in [0.15, 0.2) is 64.5 Å². The number of fused-ring (bicyclic) bond motifs is 1. The van der Waals surface area contributed by atoms with E-state index in [1.54, 1.807) is 39.0 Å². The average Bonchev–Trinajstić information content (AvgIpc) is 3.16. The molecule has 1 heterocycles. The molecular formula is C23H24N2O6S2. The predicted octanol–water partition coefficient (Wildman–Crippen LogP) is 3.66. The van der Waals surface area contributed by atoms with Crippen molar-refractivity contribution in [2.75, 3.05) is 17.7 Å². The van der Waals surface area contributed by atoms with E-state index in [1.807, 2.05) is 0 Å². The molecule has 33 heavy (non-hydrogen) atoms. The fourth-order valence-electron chi connectivity index (χ4n) is 3.29. The minimum Gasteiger partial charge on any atom is -0.443 e. The van der Waals surface area contributed by atoms with Gasteiger partial charge in [-0.2, -0.15) is 0 Å². The number of hydrogen-bond donors (Lipinski definition) is 0. The van der Waals surface area contributed by atoms with Gasteiger partial charge < -0.3 is 4.74 Å². The van der Waals surface area contributed by atoms with Crippen LogP contribution in [0.4, 0.5) is 10.5 Å². The summed E-state index contributed by atoms with van der Waals surface area (Å²) in [6.45, 7) is 4.83. The molecule has 0 aliphatic carbocycles. The monoisotopic (exact) mass is 488 g/mol. The summed E-state index contributed by atoms with van der Waals surface area (Å²) in [6.07, 6.45) is 6.97. The molecule has 0 saturated carbocycles. The highest BCUT2D eigenvalue weighted by atomic mass is 32.2. The highest BCUT2D eigenvalue weighted by Gasteiger charge is 2.29. The lowest BCUT2D eigenvalue weighted by Gasteiger charge is -2.27. The normalized spacial score (nSPS) is 12.3. The van der Waals surface area contributed by atoms with Gasteiger partial charge in [-0.05, 0) is 51.1 Å². The zero-order chi connectivity index (χ0) is 24.6. The van der Waals surface area contributed by atoms with E-state index in [1.165, 1.54) is 36.5 Å². The summed E-state index contributed by atoms with van der Waals surface area (Å²) in [4.78, 5) is 14.0. The van der Waals surface area contributed by atoms with Crippen LogP contribution < -0.4 is 4.90 Å². The highest BCUT2D eigenvalue weighted by Crippen LogP contribution is 2.35. The number of amides is 1. The van der Waals surface area contributed by atoms with Gasteiger partial charge in [0.15, 0.2) is 9.84 Å². The second kappa shape index (κ2) is 8.57. The Bertz CT molecular complexity index is 1460. The van der Waals surface area contributed by atoms with Gasteiger partial charge in [0.05, 0.1) is 27.5 Å². The average molecular weight is 489 g/mol. The van der Waals surface area contributed by atoms with E-state index >= 15 is 0 Å². The van der Waals surface area contributed by atoms with Crippen molar-refractivity contribution in [1.82, 2.24) is 3.97 Å². The molecule has 3 aromatic rings. The fraction of sp³-hybridized carbons (Fsp3) is 0.261. The maximum absolute atomic E-state index is 13.4. The van der Waals surface area contributed by atoms with Gasteiger partial charge >= 0.3 is 6.09 Å². The lowest BCUT2D eigenvalue weighted by Crippen LogP contribution is -2.37. The molecule has 0 saturated heterocycles. The first-order valence-corrected chi connectivity index (χ1v) is 13.2. The van der Waals surface area contributed by atoms with Crippen LogP contribution in [0.3, 0.4) is 0 Å². The van der Waals surface area contributed by atoms with E-state index < -0.39 is 31.6 Å². The van der Waals surface area contributed by atoms with E-state index in [4.69, 9.17) is 11.2 Å². The Kier molecular flexibility index (Phi) is 6.33. The molecule has 174 valence electrons. The number of nitrogens with zero attached hydrogens (tertiary/aromatic N) is 2. The molecule has 0 spiro atoms. The molecule has 0 fully saturated rings. The van der Waals surface area contributed by atoms with Crippen LogP contribution >= 0.6 is 0 Å². The van der Waals surface area contributed by atoms with Gasteiger partial charge in [0.2, 0.25) is 0 Å². The third-order valence-corrected chi connectivity index (χ3v) is 7.45. The molecule has 0 aliphatic rings. The van der Waals surface area contributed by atoms with Gasteiger partial charge in [-0.25, -0.2) is 25.6 Å². The first kappa shape index (κ1) is 24.4. The maximum atomic E-state index is 13.4. The van der Waals surface area contributed by atoms with Gasteiger partial charge in [0, 0.05) is 17.8 Å². The lowest BCUT2D eigenvalue weighted by atomic mass is 10.2. The largest absolute Gasteiger partial charge is 0.443 e. The number of carbonyl (C=O) groups is 1. The Morgan fingerprint density at radius 2 is 1.70 bits per heavy atom. The molecule has 0 atom stereocenters. The number of sulfone groups is 1. The molecule has 1 aromatic heterocycles. The van der Waals surface area contributed by atoms with E-state index in [2.05, 4.69) is 5.92 Å². The summed E-state index contributed by atoms with van der Waals surface area (Å²) < 4.78 is 58.1. The smallest absolute Gasteiger partial charge is 0.415 e. The van der Waals surface area contributed by atoms with E-state index in [9.17, 15) is 21.6 Å². The Hall–Kier alpha value is -3.29. The molecule has 0 aliphatic heterocycles. The first-order chi connectivity index (χ1) is 15.3. The third-order valence-electron chi connectivity index (χ3n) is 4.61. The molecule has 0 N–H and O–H groups in total. The van der Waals surface area contributed by atoms with Crippen LogP contribution in [0.1, 0.15) is 20.8 Å². The topological polar surface area (TPSA) is 103 Å². The molecule has 10 heteroatoms. The van der Waals surface area contributed by atoms with E-state index in [-0.39, 0.29) is 32.9 Å². The molecule has 3 rings (SSSR count). The van der Waals surface area contributed by atoms with Crippen molar-refractivity contribution in [3.05, 3.63) is 54.7 Å². The number of ether oxygens (including phenoxy) is 1. The van der Waals surface area contributed by atoms with Gasteiger partial charge in [-0.3, -0.25) is 4.90 Å². The number of aromatic nitrogens is 1. The quantitative estimate of drug-likeness (QED) is 0.508. The summed E-state index contributed by atoms with van der Waals surface area (Å²) in [5, 5.41) is 0.139. The number of carbonyl (C=O) groups excluding carboxylic acids is 1. The zero-order valence-electron chi connectivity index (χ0n) is 18.6. The second-order valence-electron chi connectivity index (χ2n) is 8.32. The number of anilines is 1. The van der Waals surface area contributed by atoms with Crippen LogP contribution in [0.2, 0.25) is 0 Å². The minimum atomic E-state index is -4.12. The summed E-state index contributed by atoms with van der Waals surface area (Å²) in [5.74, 6) is 2.37. The number of terminal acetylenes is 1. The number of hydrogen-bond acceptors (Lipinski definition) is 6. The van der Waals surface area contributed by atoms with Crippen molar-refractivity contribution >= 4 is 42.5 Å². The van der Waals surface area contributed by atoms with Crippen LogP contribution in [0.25, 0.3) is 10.9 Å². The van der Waals surface area contributed by atoms with Gasteiger partial charge in [0.1, 0.15) is 5.60 Å². The molecule has 0 unspecified atom stereocenters. The van der Waals surface area contributed by atoms with Crippen LogP contribution in [0, 0.1) is 12.3 Å². The van der Waals surface area contributed by atoms with Crippen LogP contribution in [-0.2, 0) is 24.6 Å². The SMILES string of the molecule is C#CCN(C(=O)OC(C)(C)C)c1ccc(S(C)(=O)=O)c2ccn(S(=O)(=O)c3ccccc3)c12. The summed E-state index contributed by atoms with van der Waals surface area (Å²) >= 11 is 0. The van der Waals surface area contributed by atoms with Crippen molar-refractivity contribution in [3.8, 4) is 12.3 Å². The van der Waals surface area contributed by atoms with E-state index in [0.29, 0.717) is 0 Å². The lowest BCUT2D eigenvalue weighted by molar-refractivity contribution is 0.0585. The summed E-state index contributed by atoms with van der Waals surface area (Å²) in [7, 11) is -7.84. The van der Waals surface area contributed by atoms with Crippen molar-refractivity contribution in [2.45, 2.75) is 36.2 Å². The standard InChI is InChI=1S/C23H24N2O6S2/c1-6-15-24(22(26)31-23(2,3)4)19-12-13-20(32(5,27)28)18-14-16-25(21(18)19)33(29,30)17-10-8-7-9-11-17/h1,7-14,16H,15H2,2-5H3. The maximum Gasteiger partial charge on any atom is 0.415 e. The van der Waals surface area contributed by atoms with Crippen molar-refractivity contribution in [2.24, 2.45) is 0 Å². The Morgan fingerprint density at radius 1 is 1.06 bits per heavy atom. The number of rotatable bonds is 5. The molecular weight excluding hydrogens is 464 g/mol. The van der Waals surface area contributed by atoms with Gasteiger partial charge in [0.25, 0.3) is 10.0 Å². The molecule has 0 bridgehead atoms. The van der Waals surface area contributed by atoms with Crippen molar-refractivity contribution in [1.29, 1.82) is 0 Å².